The number of anilines is 1. The Balaban J connectivity index is 1.62. The van der Waals surface area contributed by atoms with Gasteiger partial charge in [-0.1, -0.05) is 12.8 Å². The predicted molar refractivity (Wildman–Crippen MR) is 77.6 cm³/mol. The molecule has 0 atom stereocenters. The molecule has 2 fully saturated rings. The Morgan fingerprint density at radius 2 is 1.63 bits per heavy atom. The highest BCUT2D eigenvalue weighted by atomic mass is 16.1. The Bertz CT molecular complexity index is 429. The molecule has 0 unspecified atom stereocenters. The Kier molecular flexibility index (Phi) is 3.72. The summed E-state index contributed by atoms with van der Waals surface area (Å²) in [7, 11) is 0. The van der Waals surface area contributed by atoms with Crippen molar-refractivity contribution < 1.29 is 4.79 Å². The first-order valence-electron chi connectivity index (χ1n) is 7.49. The second kappa shape index (κ2) is 5.64. The van der Waals surface area contributed by atoms with Crippen LogP contribution in [0.5, 0.6) is 0 Å². The van der Waals surface area contributed by atoms with E-state index in [1.165, 1.54) is 31.4 Å². The van der Waals surface area contributed by atoms with Gasteiger partial charge in [0.1, 0.15) is 0 Å². The highest BCUT2D eigenvalue weighted by Crippen LogP contribution is 2.21. The lowest BCUT2D eigenvalue weighted by molar-refractivity contribution is 0.0938. The normalized spacial score (nSPS) is 19.9. The van der Waals surface area contributed by atoms with Gasteiger partial charge in [0, 0.05) is 30.4 Å². The molecule has 0 bridgehead atoms. The van der Waals surface area contributed by atoms with Crippen LogP contribution in [0.2, 0.25) is 0 Å². The number of benzene rings is 1. The molecule has 1 amide bonds. The highest BCUT2D eigenvalue weighted by molar-refractivity contribution is 5.94. The van der Waals surface area contributed by atoms with Crippen molar-refractivity contribution in [2.45, 2.75) is 44.6 Å². The molecule has 0 aromatic heterocycles. The lowest BCUT2D eigenvalue weighted by atomic mass is 10.1. The van der Waals surface area contributed by atoms with E-state index in [2.05, 4.69) is 22.3 Å². The van der Waals surface area contributed by atoms with Gasteiger partial charge in [0.2, 0.25) is 0 Å². The standard InChI is InChI=1S/C16H22N2O/c19-16(17-14-5-1-2-6-14)13-7-9-15(10-8-13)18-11-3-4-12-18/h7-10,14H,1-6,11-12H2,(H,17,19). The molecular formula is C16H22N2O. The Hall–Kier alpha value is -1.51. The van der Waals surface area contributed by atoms with Crippen molar-refractivity contribution in [3.05, 3.63) is 29.8 Å². The predicted octanol–water partition coefficient (Wildman–Crippen LogP) is 2.96. The van der Waals surface area contributed by atoms with Gasteiger partial charge in [-0.25, -0.2) is 0 Å². The van der Waals surface area contributed by atoms with Crippen LogP contribution in [-0.4, -0.2) is 25.0 Å². The quantitative estimate of drug-likeness (QED) is 0.904. The Labute approximate surface area is 115 Å². The van der Waals surface area contributed by atoms with Crippen LogP contribution in [0.1, 0.15) is 48.9 Å². The summed E-state index contributed by atoms with van der Waals surface area (Å²) < 4.78 is 0. The van der Waals surface area contributed by atoms with E-state index < -0.39 is 0 Å². The zero-order chi connectivity index (χ0) is 13.1. The minimum absolute atomic E-state index is 0.0832. The van der Waals surface area contributed by atoms with Crippen LogP contribution in [0, 0.1) is 0 Å². The molecule has 1 saturated heterocycles. The van der Waals surface area contributed by atoms with Gasteiger partial charge in [0.05, 0.1) is 0 Å². The number of rotatable bonds is 3. The Morgan fingerprint density at radius 3 is 2.26 bits per heavy atom. The fourth-order valence-electron chi connectivity index (χ4n) is 3.14. The molecular weight excluding hydrogens is 236 g/mol. The zero-order valence-corrected chi connectivity index (χ0v) is 11.4. The summed E-state index contributed by atoms with van der Waals surface area (Å²) in [6, 6.07) is 8.46. The molecule has 0 spiro atoms. The van der Waals surface area contributed by atoms with Gasteiger partial charge in [0.25, 0.3) is 5.91 Å². The first kappa shape index (κ1) is 12.5. The minimum atomic E-state index is 0.0832. The molecule has 0 radical (unpaired) electrons. The number of nitrogens with zero attached hydrogens (tertiary/aromatic N) is 1. The van der Waals surface area contributed by atoms with Crippen LogP contribution in [0.15, 0.2) is 24.3 Å². The molecule has 2 aliphatic rings. The van der Waals surface area contributed by atoms with Crippen LogP contribution in [0.4, 0.5) is 5.69 Å². The largest absolute Gasteiger partial charge is 0.372 e. The second-order valence-electron chi connectivity index (χ2n) is 5.70. The van der Waals surface area contributed by atoms with E-state index in [-0.39, 0.29) is 5.91 Å². The van der Waals surface area contributed by atoms with E-state index in [9.17, 15) is 4.79 Å². The van der Waals surface area contributed by atoms with Gasteiger partial charge in [-0.3, -0.25) is 4.79 Å². The van der Waals surface area contributed by atoms with Gasteiger partial charge in [0.15, 0.2) is 0 Å². The fourth-order valence-corrected chi connectivity index (χ4v) is 3.14. The molecule has 3 rings (SSSR count). The van der Waals surface area contributed by atoms with Crippen molar-refractivity contribution >= 4 is 11.6 Å². The summed E-state index contributed by atoms with van der Waals surface area (Å²) in [5.74, 6) is 0.0832. The van der Waals surface area contributed by atoms with Crippen molar-refractivity contribution in [2.24, 2.45) is 0 Å². The van der Waals surface area contributed by atoms with Crippen LogP contribution in [0.3, 0.4) is 0 Å². The van der Waals surface area contributed by atoms with Gasteiger partial charge in [-0.15, -0.1) is 0 Å². The maximum atomic E-state index is 12.1. The van der Waals surface area contributed by atoms with Crippen molar-refractivity contribution in [1.29, 1.82) is 0 Å². The van der Waals surface area contributed by atoms with E-state index in [0.29, 0.717) is 6.04 Å². The lowest BCUT2D eigenvalue weighted by Crippen LogP contribution is -2.32. The van der Waals surface area contributed by atoms with Crippen LogP contribution >= 0.6 is 0 Å². The monoisotopic (exact) mass is 258 g/mol. The van der Waals surface area contributed by atoms with E-state index >= 15 is 0 Å². The van der Waals surface area contributed by atoms with Crippen molar-refractivity contribution in [1.82, 2.24) is 5.32 Å². The summed E-state index contributed by atoms with van der Waals surface area (Å²) in [5.41, 5.74) is 2.03. The van der Waals surface area contributed by atoms with Gasteiger partial charge in [-0.05, 0) is 49.9 Å². The number of hydrogen-bond donors (Lipinski definition) is 1. The van der Waals surface area contributed by atoms with Crippen LogP contribution in [0.25, 0.3) is 0 Å². The average molecular weight is 258 g/mol. The van der Waals surface area contributed by atoms with E-state index in [4.69, 9.17) is 0 Å². The van der Waals surface area contributed by atoms with Crippen molar-refractivity contribution in [3.63, 3.8) is 0 Å². The summed E-state index contributed by atoms with van der Waals surface area (Å²) in [5, 5.41) is 3.13. The molecule has 1 aliphatic heterocycles. The third-order valence-electron chi connectivity index (χ3n) is 4.29. The smallest absolute Gasteiger partial charge is 0.251 e. The lowest BCUT2D eigenvalue weighted by Gasteiger charge is -2.18. The maximum Gasteiger partial charge on any atom is 0.251 e. The molecule has 1 heterocycles. The number of carbonyl (C=O) groups is 1. The minimum Gasteiger partial charge on any atom is -0.372 e. The number of amides is 1. The van der Waals surface area contributed by atoms with E-state index in [0.717, 1.165) is 31.5 Å². The zero-order valence-electron chi connectivity index (χ0n) is 11.4. The summed E-state index contributed by atoms with van der Waals surface area (Å²) >= 11 is 0. The SMILES string of the molecule is O=C(NC1CCCC1)c1ccc(N2CCCC2)cc1. The van der Waals surface area contributed by atoms with Crippen LogP contribution < -0.4 is 10.2 Å². The van der Waals surface area contributed by atoms with Crippen molar-refractivity contribution in [2.75, 3.05) is 18.0 Å². The highest BCUT2D eigenvalue weighted by Gasteiger charge is 2.18. The summed E-state index contributed by atoms with van der Waals surface area (Å²) in [6.07, 6.45) is 7.33. The molecule has 1 aromatic carbocycles. The molecule has 1 aliphatic carbocycles. The van der Waals surface area contributed by atoms with Crippen molar-refractivity contribution in [3.8, 4) is 0 Å². The number of carbonyl (C=O) groups excluding carboxylic acids is 1. The molecule has 3 nitrogen and oxygen atoms in total. The molecule has 3 heteroatoms. The van der Waals surface area contributed by atoms with Crippen LogP contribution in [-0.2, 0) is 0 Å². The van der Waals surface area contributed by atoms with Gasteiger partial charge in [-0.2, -0.15) is 0 Å². The average Bonchev–Trinajstić information content (AvgIpc) is 3.12. The Morgan fingerprint density at radius 1 is 1.00 bits per heavy atom. The molecule has 1 N–H and O–H groups in total. The number of hydrogen-bond acceptors (Lipinski definition) is 2. The molecule has 1 saturated carbocycles. The topological polar surface area (TPSA) is 32.3 Å². The fraction of sp³-hybridized carbons (Fsp3) is 0.562. The van der Waals surface area contributed by atoms with E-state index in [1.807, 2.05) is 12.1 Å². The third-order valence-corrected chi connectivity index (χ3v) is 4.29. The number of nitrogens with one attached hydrogen (secondary N) is 1. The molecule has 19 heavy (non-hydrogen) atoms. The van der Waals surface area contributed by atoms with Gasteiger partial charge < -0.3 is 10.2 Å². The summed E-state index contributed by atoms with van der Waals surface area (Å²) in [6.45, 7) is 2.29. The first-order valence-corrected chi connectivity index (χ1v) is 7.49. The third kappa shape index (κ3) is 2.91. The van der Waals surface area contributed by atoms with E-state index in [1.54, 1.807) is 0 Å². The molecule has 1 aromatic rings. The maximum absolute atomic E-state index is 12.1. The first-order chi connectivity index (χ1) is 9.33. The second-order valence-corrected chi connectivity index (χ2v) is 5.70. The van der Waals surface area contributed by atoms with Gasteiger partial charge >= 0.3 is 0 Å². The molecule has 102 valence electrons. The summed E-state index contributed by atoms with van der Waals surface area (Å²) in [4.78, 5) is 14.5.